The lowest BCUT2D eigenvalue weighted by atomic mass is 10.1. The highest BCUT2D eigenvalue weighted by molar-refractivity contribution is 6.00. The lowest BCUT2D eigenvalue weighted by Gasteiger charge is -2.22. The van der Waals surface area contributed by atoms with Crippen molar-refractivity contribution in [2.75, 3.05) is 31.1 Å². The van der Waals surface area contributed by atoms with Gasteiger partial charge in [0.15, 0.2) is 0 Å². The minimum absolute atomic E-state index is 0. The Kier molecular flexibility index (Phi) is 6.24. The maximum absolute atomic E-state index is 12.7. The molecule has 6 heteroatoms. The lowest BCUT2D eigenvalue weighted by molar-refractivity contribution is -0.134. The van der Waals surface area contributed by atoms with E-state index in [4.69, 9.17) is 5.73 Å². The molecule has 132 valence electrons. The number of benzene rings is 1. The quantitative estimate of drug-likeness (QED) is 0.900. The van der Waals surface area contributed by atoms with E-state index in [1.165, 1.54) is 0 Å². The lowest BCUT2D eigenvalue weighted by Crippen LogP contribution is -2.36. The molecule has 2 N–H and O–H groups in total. The maximum Gasteiger partial charge on any atom is 0.228 e. The SMILES string of the molecule is CCc1ccccc1N1CC(C(=O)N2CCC(CN)C2)CC1=O.Cl. The summed E-state index contributed by atoms with van der Waals surface area (Å²) in [7, 11) is 0. The molecule has 0 saturated carbocycles. The van der Waals surface area contributed by atoms with Gasteiger partial charge in [0.2, 0.25) is 11.8 Å². The van der Waals surface area contributed by atoms with E-state index in [2.05, 4.69) is 6.92 Å². The van der Waals surface area contributed by atoms with Crippen LogP contribution >= 0.6 is 12.4 Å². The van der Waals surface area contributed by atoms with Crippen molar-refractivity contribution < 1.29 is 9.59 Å². The number of anilines is 1. The minimum atomic E-state index is -0.219. The molecule has 3 rings (SSSR count). The van der Waals surface area contributed by atoms with Crippen molar-refractivity contribution >= 4 is 29.9 Å². The molecular weight excluding hydrogens is 326 g/mol. The molecule has 2 heterocycles. The summed E-state index contributed by atoms with van der Waals surface area (Å²) in [5.74, 6) is 0.363. The fraction of sp³-hybridized carbons (Fsp3) is 0.556. The van der Waals surface area contributed by atoms with Gasteiger partial charge in [0.25, 0.3) is 0 Å². The van der Waals surface area contributed by atoms with E-state index in [0.717, 1.165) is 37.2 Å². The Labute approximate surface area is 149 Å². The third-order valence-electron chi connectivity index (χ3n) is 5.07. The summed E-state index contributed by atoms with van der Waals surface area (Å²) in [6.07, 6.45) is 2.18. The van der Waals surface area contributed by atoms with Crippen molar-refractivity contribution in [1.82, 2.24) is 4.90 Å². The van der Waals surface area contributed by atoms with Gasteiger partial charge in [0.1, 0.15) is 0 Å². The van der Waals surface area contributed by atoms with Gasteiger partial charge in [-0.1, -0.05) is 25.1 Å². The van der Waals surface area contributed by atoms with E-state index in [9.17, 15) is 9.59 Å². The van der Waals surface area contributed by atoms with Gasteiger partial charge in [-0.15, -0.1) is 12.4 Å². The molecule has 2 aliphatic rings. The number of halogens is 1. The number of nitrogens with zero attached hydrogens (tertiary/aromatic N) is 2. The average molecular weight is 352 g/mol. The van der Waals surface area contributed by atoms with Crippen LogP contribution in [0.4, 0.5) is 5.69 Å². The summed E-state index contributed by atoms with van der Waals surface area (Å²) in [5, 5.41) is 0. The molecule has 0 aliphatic carbocycles. The molecule has 1 aromatic rings. The van der Waals surface area contributed by atoms with Crippen LogP contribution in [0.15, 0.2) is 24.3 Å². The summed E-state index contributed by atoms with van der Waals surface area (Å²) < 4.78 is 0. The third-order valence-corrected chi connectivity index (χ3v) is 5.07. The molecule has 0 bridgehead atoms. The highest BCUT2D eigenvalue weighted by atomic mass is 35.5. The first-order valence-electron chi connectivity index (χ1n) is 8.51. The first-order valence-corrected chi connectivity index (χ1v) is 8.51. The van der Waals surface area contributed by atoms with Crippen LogP contribution in [0.2, 0.25) is 0 Å². The van der Waals surface area contributed by atoms with Crippen molar-refractivity contribution in [3.8, 4) is 0 Å². The van der Waals surface area contributed by atoms with Crippen LogP contribution in [-0.2, 0) is 16.0 Å². The molecule has 5 nitrogen and oxygen atoms in total. The summed E-state index contributed by atoms with van der Waals surface area (Å²) in [4.78, 5) is 28.8. The van der Waals surface area contributed by atoms with E-state index in [1.807, 2.05) is 29.2 Å². The number of carbonyl (C=O) groups is 2. The zero-order chi connectivity index (χ0) is 16.4. The number of nitrogens with two attached hydrogens (primary N) is 1. The summed E-state index contributed by atoms with van der Waals surface area (Å²) in [6, 6.07) is 7.96. The zero-order valence-electron chi connectivity index (χ0n) is 14.1. The van der Waals surface area contributed by atoms with E-state index < -0.39 is 0 Å². The molecule has 2 aliphatic heterocycles. The van der Waals surface area contributed by atoms with Gasteiger partial charge in [-0.3, -0.25) is 9.59 Å². The zero-order valence-corrected chi connectivity index (χ0v) is 14.9. The largest absolute Gasteiger partial charge is 0.342 e. The van der Waals surface area contributed by atoms with E-state index in [-0.39, 0.29) is 30.1 Å². The molecule has 24 heavy (non-hydrogen) atoms. The molecule has 0 radical (unpaired) electrons. The number of amides is 2. The maximum atomic E-state index is 12.7. The Bertz CT molecular complexity index is 608. The van der Waals surface area contributed by atoms with E-state index >= 15 is 0 Å². The Balaban J connectivity index is 0.00000208. The number of hydrogen-bond acceptors (Lipinski definition) is 3. The van der Waals surface area contributed by atoms with Gasteiger partial charge in [-0.05, 0) is 36.9 Å². The highest BCUT2D eigenvalue weighted by Crippen LogP contribution is 2.30. The monoisotopic (exact) mass is 351 g/mol. The van der Waals surface area contributed by atoms with Gasteiger partial charge < -0.3 is 15.5 Å². The van der Waals surface area contributed by atoms with Crippen LogP contribution in [0.5, 0.6) is 0 Å². The first kappa shape index (κ1) is 18.7. The number of aryl methyl sites for hydroxylation is 1. The number of para-hydroxylation sites is 1. The van der Waals surface area contributed by atoms with Gasteiger partial charge in [0.05, 0.1) is 5.92 Å². The summed E-state index contributed by atoms with van der Waals surface area (Å²) in [6.45, 7) is 4.73. The van der Waals surface area contributed by atoms with Crippen molar-refractivity contribution in [2.24, 2.45) is 17.6 Å². The molecule has 0 aromatic heterocycles. The predicted octanol–water partition coefficient (Wildman–Crippen LogP) is 1.83. The number of likely N-dealkylation sites (tertiary alicyclic amines) is 1. The van der Waals surface area contributed by atoms with E-state index in [0.29, 0.717) is 25.4 Å². The molecular formula is C18H26ClN3O2. The minimum Gasteiger partial charge on any atom is -0.342 e. The van der Waals surface area contributed by atoms with E-state index in [1.54, 1.807) is 4.90 Å². The topological polar surface area (TPSA) is 66.6 Å². The summed E-state index contributed by atoms with van der Waals surface area (Å²) in [5.41, 5.74) is 7.81. The Morgan fingerprint density at radius 3 is 2.71 bits per heavy atom. The predicted molar refractivity (Wildman–Crippen MR) is 97.3 cm³/mol. The smallest absolute Gasteiger partial charge is 0.228 e. The van der Waals surface area contributed by atoms with Gasteiger partial charge >= 0.3 is 0 Å². The second kappa shape index (κ2) is 7.99. The Hall–Kier alpha value is -1.59. The van der Waals surface area contributed by atoms with Crippen LogP contribution in [-0.4, -0.2) is 42.9 Å². The molecule has 2 atom stereocenters. The first-order chi connectivity index (χ1) is 11.1. The molecule has 2 saturated heterocycles. The fourth-order valence-corrected chi connectivity index (χ4v) is 3.66. The molecule has 2 amide bonds. The standard InChI is InChI=1S/C18H25N3O2.ClH/c1-2-14-5-3-4-6-16(14)21-12-15(9-17(21)22)18(23)20-8-7-13(10-19)11-20;/h3-6,13,15H,2,7-12,19H2,1H3;1H. The second-order valence-electron chi connectivity index (χ2n) is 6.56. The van der Waals surface area contributed by atoms with Gasteiger partial charge in [0, 0.05) is 31.7 Å². The molecule has 0 spiro atoms. The normalized spacial score (nSPS) is 23.5. The highest BCUT2D eigenvalue weighted by Gasteiger charge is 2.39. The number of carbonyl (C=O) groups excluding carboxylic acids is 2. The molecule has 2 fully saturated rings. The summed E-state index contributed by atoms with van der Waals surface area (Å²) >= 11 is 0. The van der Waals surface area contributed by atoms with Crippen LogP contribution < -0.4 is 10.6 Å². The average Bonchev–Trinajstić information content (AvgIpc) is 3.20. The number of rotatable bonds is 4. The van der Waals surface area contributed by atoms with Crippen LogP contribution in [0.1, 0.15) is 25.3 Å². The Morgan fingerprint density at radius 2 is 2.04 bits per heavy atom. The van der Waals surface area contributed by atoms with Crippen LogP contribution in [0, 0.1) is 11.8 Å². The third kappa shape index (κ3) is 3.57. The van der Waals surface area contributed by atoms with Crippen molar-refractivity contribution in [1.29, 1.82) is 0 Å². The second-order valence-corrected chi connectivity index (χ2v) is 6.56. The van der Waals surface area contributed by atoms with Gasteiger partial charge in [-0.25, -0.2) is 0 Å². The fourth-order valence-electron chi connectivity index (χ4n) is 3.66. The molecule has 2 unspecified atom stereocenters. The molecule has 1 aromatic carbocycles. The van der Waals surface area contributed by atoms with Crippen molar-refractivity contribution in [3.05, 3.63) is 29.8 Å². The van der Waals surface area contributed by atoms with Crippen molar-refractivity contribution in [2.45, 2.75) is 26.2 Å². The Morgan fingerprint density at radius 1 is 1.29 bits per heavy atom. The van der Waals surface area contributed by atoms with Crippen molar-refractivity contribution in [3.63, 3.8) is 0 Å². The van der Waals surface area contributed by atoms with Crippen LogP contribution in [0.3, 0.4) is 0 Å². The van der Waals surface area contributed by atoms with Crippen LogP contribution in [0.25, 0.3) is 0 Å². The number of hydrogen-bond donors (Lipinski definition) is 1. The van der Waals surface area contributed by atoms with Gasteiger partial charge in [-0.2, -0.15) is 0 Å².